The van der Waals surface area contributed by atoms with Gasteiger partial charge in [-0.1, -0.05) is 6.07 Å². The lowest BCUT2D eigenvalue weighted by Gasteiger charge is -2.05. The number of hydrogen-bond donors (Lipinski definition) is 1. The van der Waals surface area contributed by atoms with E-state index in [4.69, 9.17) is 10.2 Å². The van der Waals surface area contributed by atoms with Gasteiger partial charge in [0.2, 0.25) is 11.8 Å². The van der Waals surface area contributed by atoms with Crippen LogP contribution in [0, 0.1) is 11.6 Å². The third kappa shape index (κ3) is 2.93. The molecule has 0 atom stereocenters. The summed E-state index contributed by atoms with van der Waals surface area (Å²) < 4.78 is 34.1. The van der Waals surface area contributed by atoms with E-state index in [2.05, 4.69) is 15.1 Å². The van der Waals surface area contributed by atoms with E-state index in [1.807, 2.05) is 0 Å². The van der Waals surface area contributed by atoms with E-state index < -0.39 is 11.6 Å². The largest absolute Gasteiger partial charge is 0.461 e. The molecule has 3 heterocycles. The molecule has 0 bridgehead atoms. The normalized spacial score (nSPS) is 11.3. The first-order valence-corrected chi connectivity index (χ1v) is 8.23. The summed E-state index contributed by atoms with van der Waals surface area (Å²) >= 11 is 1.16. The number of halogens is 2. The van der Waals surface area contributed by atoms with Crippen LogP contribution in [0.5, 0.6) is 0 Å². The van der Waals surface area contributed by atoms with Gasteiger partial charge in [0.15, 0.2) is 11.4 Å². The van der Waals surface area contributed by atoms with Crippen molar-refractivity contribution in [3.63, 3.8) is 0 Å². The standard InChI is InChI=1S/C16H11F2N5OS/c17-10-3-1-4-11(18)9(10)8-25-14-7-13-20-15(12-5-2-6-24-12)22-23(13)16(19)21-14/h1-7H,8H2,(H2,19,21). The van der Waals surface area contributed by atoms with Gasteiger partial charge in [-0.2, -0.15) is 4.52 Å². The maximum atomic E-state index is 13.7. The number of aromatic nitrogens is 4. The lowest BCUT2D eigenvalue weighted by atomic mass is 10.2. The lowest BCUT2D eigenvalue weighted by molar-refractivity contribution is 0.566. The average Bonchev–Trinajstić information content (AvgIpc) is 3.23. The molecule has 0 saturated heterocycles. The first-order valence-electron chi connectivity index (χ1n) is 7.24. The van der Waals surface area contributed by atoms with Gasteiger partial charge < -0.3 is 10.2 Å². The predicted octanol–water partition coefficient (Wildman–Crippen LogP) is 3.54. The Kier molecular flexibility index (Phi) is 3.85. The van der Waals surface area contributed by atoms with Crippen molar-refractivity contribution in [1.82, 2.24) is 19.6 Å². The number of furan rings is 1. The van der Waals surface area contributed by atoms with Crippen molar-refractivity contribution in [1.29, 1.82) is 0 Å². The molecule has 0 aliphatic heterocycles. The van der Waals surface area contributed by atoms with Crippen LogP contribution < -0.4 is 5.73 Å². The maximum Gasteiger partial charge on any atom is 0.224 e. The van der Waals surface area contributed by atoms with Crippen LogP contribution in [0.1, 0.15) is 5.56 Å². The molecule has 2 N–H and O–H groups in total. The van der Waals surface area contributed by atoms with Crippen LogP contribution in [0.4, 0.5) is 14.7 Å². The Morgan fingerprint density at radius 2 is 1.92 bits per heavy atom. The molecular weight excluding hydrogens is 348 g/mol. The molecule has 0 radical (unpaired) electrons. The number of hydrogen-bond acceptors (Lipinski definition) is 6. The molecule has 0 spiro atoms. The van der Waals surface area contributed by atoms with Crippen LogP contribution in [-0.4, -0.2) is 19.6 Å². The van der Waals surface area contributed by atoms with E-state index in [1.165, 1.54) is 29.0 Å². The Bertz CT molecular complexity index is 1030. The summed E-state index contributed by atoms with van der Waals surface area (Å²) in [6, 6.07) is 8.88. The van der Waals surface area contributed by atoms with E-state index in [1.54, 1.807) is 18.2 Å². The topological polar surface area (TPSA) is 82.2 Å². The smallest absolute Gasteiger partial charge is 0.224 e. The van der Waals surface area contributed by atoms with Gasteiger partial charge in [-0.15, -0.1) is 16.9 Å². The van der Waals surface area contributed by atoms with E-state index in [9.17, 15) is 8.78 Å². The summed E-state index contributed by atoms with van der Waals surface area (Å²) in [5.74, 6) is -0.0978. The molecule has 4 aromatic rings. The number of fused-ring (bicyclic) bond motifs is 1. The van der Waals surface area contributed by atoms with Gasteiger partial charge in [0.25, 0.3) is 0 Å². The zero-order valence-electron chi connectivity index (χ0n) is 12.7. The summed E-state index contributed by atoms with van der Waals surface area (Å²) in [6.07, 6.45) is 1.52. The Balaban J connectivity index is 1.64. The molecule has 4 rings (SSSR count). The second kappa shape index (κ2) is 6.17. The van der Waals surface area contributed by atoms with Gasteiger partial charge in [0.1, 0.15) is 16.7 Å². The molecule has 0 fully saturated rings. The minimum Gasteiger partial charge on any atom is -0.461 e. The van der Waals surface area contributed by atoms with Crippen molar-refractivity contribution < 1.29 is 13.2 Å². The number of anilines is 1. The van der Waals surface area contributed by atoms with Crippen LogP contribution in [0.2, 0.25) is 0 Å². The average molecular weight is 359 g/mol. The highest BCUT2D eigenvalue weighted by Gasteiger charge is 2.14. The van der Waals surface area contributed by atoms with E-state index in [0.29, 0.717) is 22.3 Å². The van der Waals surface area contributed by atoms with Gasteiger partial charge >= 0.3 is 0 Å². The van der Waals surface area contributed by atoms with Crippen molar-refractivity contribution in [2.45, 2.75) is 10.8 Å². The predicted molar refractivity (Wildman–Crippen MR) is 88.8 cm³/mol. The van der Waals surface area contributed by atoms with Gasteiger partial charge in [-0.05, 0) is 24.3 Å². The number of nitrogen functional groups attached to an aromatic ring is 1. The first-order chi connectivity index (χ1) is 12.1. The van der Waals surface area contributed by atoms with Crippen LogP contribution in [0.25, 0.3) is 17.2 Å². The summed E-state index contributed by atoms with van der Waals surface area (Å²) in [4.78, 5) is 8.54. The van der Waals surface area contributed by atoms with Crippen LogP contribution >= 0.6 is 11.8 Å². The Hall–Kier alpha value is -2.94. The fraction of sp³-hybridized carbons (Fsp3) is 0.0625. The molecule has 0 aliphatic carbocycles. The number of thioether (sulfide) groups is 1. The van der Waals surface area contributed by atoms with Gasteiger partial charge in [0, 0.05) is 17.4 Å². The van der Waals surface area contributed by atoms with Crippen molar-refractivity contribution in [3.05, 3.63) is 59.9 Å². The van der Waals surface area contributed by atoms with Gasteiger partial charge in [-0.25, -0.2) is 18.7 Å². The summed E-state index contributed by atoms with van der Waals surface area (Å²) in [7, 11) is 0. The third-order valence-corrected chi connectivity index (χ3v) is 4.43. The molecular formula is C16H11F2N5OS. The zero-order valence-corrected chi connectivity index (χ0v) is 13.5. The minimum absolute atomic E-state index is 0.00881. The number of benzene rings is 1. The molecule has 1 aromatic carbocycles. The highest BCUT2D eigenvalue weighted by Crippen LogP contribution is 2.26. The molecule has 9 heteroatoms. The SMILES string of the molecule is Nc1nc(SCc2c(F)cccc2F)cc2nc(-c3ccco3)nn12. The second-order valence-electron chi connectivity index (χ2n) is 5.12. The number of rotatable bonds is 4. The molecule has 0 amide bonds. The van der Waals surface area contributed by atoms with Crippen molar-refractivity contribution in [2.75, 3.05) is 5.73 Å². The van der Waals surface area contributed by atoms with Crippen LogP contribution in [0.15, 0.2) is 52.1 Å². The van der Waals surface area contributed by atoms with E-state index in [-0.39, 0.29) is 17.3 Å². The molecule has 0 aliphatic rings. The first kappa shape index (κ1) is 15.6. The van der Waals surface area contributed by atoms with E-state index in [0.717, 1.165) is 11.8 Å². The molecule has 6 nitrogen and oxygen atoms in total. The zero-order chi connectivity index (χ0) is 17.4. The van der Waals surface area contributed by atoms with Gasteiger partial charge in [-0.3, -0.25) is 0 Å². The maximum absolute atomic E-state index is 13.7. The van der Waals surface area contributed by atoms with Crippen molar-refractivity contribution >= 4 is 23.4 Å². The van der Waals surface area contributed by atoms with E-state index >= 15 is 0 Å². The molecule has 3 aromatic heterocycles. The molecule has 0 unspecified atom stereocenters. The van der Waals surface area contributed by atoms with Crippen molar-refractivity contribution in [2.24, 2.45) is 0 Å². The summed E-state index contributed by atoms with van der Waals surface area (Å²) in [5.41, 5.74) is 6.37. The third-order valence-electron chi connectivity index (χ3n) is 3.49. The summed E-state index contributed by atoms with van der Waals surface area (Å²) in [5, 5.41) is 4.73. The lowest BCUT2D eigenvalue weighted by Crippen LogP contribution is -2.03. The Morgan fingerprint density at radius 1 is 1.12 bits per heavy atom. The second-order valence-corrected chi connectivity index (χ2v) is 6.12. The monoisotopic (exact) mass is 359 g/mol. The fourth-order valence-electron chi connectivity index (χ4n) is 2.29. The fourth-order valence-corrected chi connectivity index (χ4v) is 3.20. The quantitative estimate of drug-likeness (QED) is 0.443. The highest BCUT2D eigenvalue weighted by molar-refractivity contribution is 7.98. The minimum atomic E-state index is -0.593. The Labute approximate surface area is 144 Å². The number of nitrogens with two attached hydrogens (primary N) is 1. The highest BCUT2D eigenvalue weighted by atomic mass is 32.2. The van der Waals surface area contributed by atoms with Crippen molar-refractivity contribution in [3.8, 4) is 11.6 Å². The molecule has 25 heavy (non-hydrogen) atoms. The summed E-state index contributed by atoms with van der Waals surface area (Å²) in [6.45, 7) is 0. The molecule has 0 saturated carbocycles. The Morgan fingerprint density at radius 3 is 2.64 bits per heavy atom. The number of nitrogens with zero attached hydrogens (tertiary/aromatic N) is 4. The van der Waals surface area contributed by atoms with Crippen LogP contribution in [0.3, 0.4) is 0 Å². The van der Waals surface area contributed by atoms with Crippen LogP contribution in [-0.2, 0) is 5.75 Å². The van der Waals surface area contributed by atoms with Gasteiger partial charge in [0.05, 0.1) is 6.26 Å². The molecule has 126 valence electrons.